The highest BCUT2D eigenvalue weighted by Crippen LogP contribution is 2.37. The molecule has 0 unspecified atom stereocenters. The number of hydrogen-bond donors (Lipinski definition) is 2. The number of rotatable bonds is 7. The first-order chi connectivity index (χ1) is 12.5. The Morgan fingerprint density at radius 3 is 2.88 bits per heavy atom. The van der Waals surface area contributed by atoms with Crippen molar-refractivity contribution in [1.82, 2.24) is 15.5 Å². The molecule has 1 aliphatic rings. The van der Waals surface area contributed by atoms with E-state index in [2.05, 4.69) is 15.5 Å². The zero-order chi connectivity index (χ0) is 18.5. The Morgan fingerprint density at radius 2 is 2.15 bits per heavy atom. The van der Waals surface area contributed by atoms with Crippen LogP contribution in [0.3, 0.4) is 0 Å². The van der Waals surface area contributed by atoms with Gasteiger partial charge in [-0.15, -0.1) is 0 Å². The molecule has 1 heterocycles. The van der Waals surface area contributed by atoms with Gasteiger partial charge in [0.25, 0.3) is 0 Å². The minimum atomic E-state index is -0.476. The number of carbonyl (C=O) groups is 1. The highest BCUT2D eigenvalue weighted by molar-refractivity contribution is 5.76. The summed E-state index contributed by atoms with van der Waals surface area (Å²) in [6.45, 7) is 4.51. The van der Waals surface area contributed by atoms with E-state index in [-0.39, 0.29) is 24.2 Å². The fourth-order valence-corrected chi connectivity index (χ4v) is 3.31. The normalized spacial score (nSPS) is 22.3. The van der Waals surface area contributed by atoms with Crippen molar-refractivity contribution in [2.45, 2.75) is 45.1 Å². The lowest BCUT2D eigenvalue weighted by molar-refractivity contribution is -0.121. The topological polar surface area (TPSA) is 97.5 Å². The molecule has 3 rings (SSSR count). The highest BCUT2D eigenvalue weighted by atomic mass is 16.5. The van der Waals surface area contributed by atoms with E-state index in [0.717, 1.165) is 17.7 Å². The molecule has 26 heavy (non-hydrogen) atoms. The van der Waals surface area contributed by atoms with Gasteiger partial charge in [0.1, 0.15) is 5.75 Å². The average molecular weight is 359 g/mol. The van der Waals surface area contributed by atoms with Crippen molar-refractivity contribution in [1.29, 1.82) is 0 Å². The summed E-state index contributed by atoms with van der Waals surface area (Å²) in [5.74, 6) is 1.93. The van der Waals surface area contributed by atoms with Gasteiger partial charge in [0.05, 0.1) is 19.1 Å². The van der Waals surface area contributed by atoms with Gasteiger partial charge in [0, 0.05) is 18.4 Å². The van der Waals surface area contributed by atoms with E-state index in [1.54, 1.807) is 6.92 Å². The third-order valence-electron chi connectivity index (χ3n) is 4.79. The molecule has 2 aromatic rings. The third kappa shape index (κ3) is 4.60. The lowest BCUT2D eigenvalue weighted by Gasteiger charge is -2.15. The summed E-state index contributed by atoms with van der Waals surface area (Å²) in [4.78, 5) is 16.3. The van der Waals surface area contributed by atoms with E-state index in [1.165, 1.54) is 0 Å². The molecule has 1 fully saturated rings. The van der Waals surface area contributed by atoms with Crippen LogP contribution in [0, 0.1) is 19.8 Å². The molecule has 1 amide bonds. The average Bonchev–Trinajstić information content (AvgIpc) is 3.20. The Hall–Kier alpha value is -2.41. The van der Waals surface area contributed by atoms with Crippen LogP contribution < -0.4 is 10.1 Å². The predicted octanol–water partition coefficient (Wildman–Crippen LogP) is 2.13. The maximum atomic E-state index is 12.0. The SMILES string of the molecule is Cc1noc([C@H]2C[C@H](CNC(=O)CCOc3ccccc3C)[C@H](O)C2)n1. The molecule has 0 bridgehead atoms. The van der Waals surface area contributed by atoms with Crippen LogP contribution in [0.2, 0.25) is 0 Å². The van der Waals surface area contributed by atoms with E-state index < -0.39 is 6.10 Å². The number of nitrogens with zero attached hydrogens (tertiary/aromatic N) is 2. The number of aliphatic hydroxyl groups is 1. The van der Waals surface area contributed by atoms with Gasteiger partial charge in [0.15, 0.2) is 5.82 Å². The number of aromatic nitrogens is 2. The molecule has 0 spiro atoms. The van der Waals surface area contributed by atoms with E-state index >= 15 is 0 Å². The molecule has 0 saturated heterocycles. The minimum Gasteiger partial charge on any atom is -0.493 e. The van der Waals surface area contributed by atoms with Crippen LogP contribution in [-0.2, 0) is 4.79 Å². The number of amides is 1. The summed E-state index contributed by atoms with van der Waals surface area (Å²) in [5, 5.41) is 16.9. The second kappa shape index (κ2) is 8.31. The smallest absolute Gasteiger partial charge is 0.229 e. The summed E-state index contributed by atoms with van der Waals surface area (Å²) in [5.41, 5.74) is 1.05. The first-order valence-electron chi connectivity index (χ1n) is 8.96. The second-order valence-corrected chi connectivity index (χ2v) is 6.84. The van der Waals surface area contributed by atoms with Crippen molar-refractivity contribution in [3.05, 3.63) is 41.5 Å². The summed E-state index contributed by atoms with van der Waals surface area (Å²) < 4.78 is 10.8. The van der Waals surface area contributed by atoms with Gasteiger partial charge >= 0.3 is 0 Å². The van der Waals surface area contributed by atoms with Crippen molar-refractivity contribution in [3.63, 3.8) is 0 Å². The van der Waals surface area contributed by atoms with Crippen LogP contribution in [0.1, 0.15) is 42.5 Å². The van der Waals surface area contributed by atoms with E-state index in [4.69, 9.17) is 9.26 Å². The lowest BCUT2D eigenvalue weighted by Crippen LogP contribution is -2.33. The number of benzene rings is 1. The van der Waals surface area contributed by atoms with Crippen LogP contribution >= 0.6 is 0 Å². The maximum Gasteiger partial charge on any atom is 0.229 e. The predicted molar refractivity (Wildman–Crippen MR) is 94.8 cm³/mol. The number of carbonyl (C=O) groups excluding carboxylic acids is 1. The van der Waals surface area contributed by atoms with Crippen molar-refractivity contribution in [2.24, 2.45) is 5.92 Å². The lowest BCUT2D eigenvalue weighted by atomic mass is 10.0. The number of aliphatic hydroxyl groups excluding tert-OH is 1. The first-order valence-corrected chi connectivity index (χ1v) is 8.96. The fraction of sp³-hybridized carbons (Fsp3) is 0.526. The van der Waals surface area contributed by atoms with Crippen LogP contribution in [0.4, 0.5) is 0 Å². The molecular weight excluding hydrogens is 334 g/mol. The molecule has 2 N–H and O–H groups in total. The van der Waals surface area contributed by atoms with Crippen molar-refractivity contribution < 1.29 is 19.2 Å². The second-order valence-electron chi connectivity index (χ2n) is 6.84. The summed E-state index contributed by atoms with van der Waals surface area (Å²) in [6, 6.07) is 7.72. The van der Waals surface area contributed by atoms with Gasteiger partial charge in [-0.2, -0.15) is 4.98 Å². The molecule has 0 radical (unpaired) electrons. The van der Waals surface area contributed by atoms with Gasteiger partial charge in [-0.3, -0.25) is 4.79 Å². The standard InChI is InChI=1S/C19H25N3O4/c1-12-5-3-4-6-17(12)25-8-7-18(24)20-11-15-9-14(10-16(15)23)19-21-13(2)22-26-19/h3-6,14-16,23H,7-11H2,1-2H3,(H,20,24)/t14-,15+,16+/m0/s1. The Kier molecular flexibility index (Phi) is 5.88. The summed E-state index contributed by atoms with van der Waals surface area (Å²) >= 11 is 0. The van der Waals surface area contributed by atoms with Crippen molar-refractivity contribution in [2.75, 3.05) is 13.2 Å². The Balaban J connectivity index is 1.39. The third-order valence-corrected chi connectivity index (χ3v) is 4.79. The highest BCUT2D eigenvalue weighted by Gasteiger charge is 2.36. The number of nitrogens with one attached hydrogen (secondary N) is 1. The minimum absolute atomic E-state index is 0.00607. The van der Waals surface area contributed by atoms with Crippen LogP contribution in [0.25, 0.3) is 0 Å². The summed E-state index contributed by atoms with van der Waals surface area (Å²) in [7, 11) is 0. The number of ether oxygens (including phenoxy) is 1. The Morgan fingerprint density at radius 1 is 1.35 bits per heavy atom. The van der Waals surface area contributed by atoms with E-state index in [0.29, 0.717) is 31.3 Å². The quantitative estimate of drug-likeness (QED) is 0.786. The van der Waals surface area contributed by atoms with Gasteiger partial charge in [-0.25, -0.2) is 0 Å². The van der Waals surface area contributed by atoms with Crippen molar-refractivity contribution in [3.8, 4) is 5.75 Å². The number of aryl methyl sites for hydroxylation is 2. The van der Waals surface area contributed by atoms with Crippen LogP contribution in [-0.4, -0.2) is 40.4 Å². The molecule has 1 aromatic carbocycles. The number of para-hydroxylation sites is 1. The molecule has 1 aliphatic carbocycles. The van der Waals surface area contributed by atoms with Gasteiger partial charge in [-0.1, -0.05) is 23.4 Å². The molecule has 1 saturated carbocycles. The molecule has 1 aromatic heterocycles. The van der Waals surface area contributed by atoms with Crippen LogP contribution in [0.15, 0.2) is 28.8 Å². The van der Waals surface area contributed by atoms with E-state index in [1.807, 2.05) is 31.2 Å². The first kappa shape index (κ1) is 18.4. The molecule has 0 aliphatic heterocycles. The van der Waals surface area contributed by atoms with Crippen LogP contribution in [0.5, 0.6) is 5.75 Å². The largest absolute Gasteiger partial charge is 0.493 e. The maximum absolute atomic E-state index is 12.0. The fourth-order valence-electron chi connectivity index (χ4n) is 3.31. The summed E-state index contributed by atoms with van der Waals surface area (Å²) in [6.07, 6.45) is 1.11. The van der Waals surface area contributed by atoms with Gasteiger partial charge in [-0.05, 0) is 38.3 Å². The molecule has 7 nitrogen and oxygen atoms in total. The number of hydrogen-bond acceptors (Lipinski definition) is 6. The zero-order valence-electron chi connectivity index (χ0n) is 15.1. The molecule has 3 atom stereocenters. The molecular formula is C19H25N3O4. The van der Waals surface area contributed by atoms with E-state index in [9.17, 15) is 9.90 Å². The Labute approximate surface area is 152 Å². The van der Waals surface area contributed by atoms with Gasteiger partial charge < -0.3 is 19.7 Å². The van der Waals surface area contributed by atoms with Crippen molar-refractivity contribution >= 4 is 5.91 Å². The molecule has 7 heteroatoms. The van der Waals surface area contributed by atoms with Gasteiger partial charge in [0.2, 0.25) is 11.8 Å². The molecule has 140 valence electrons. The monoisotopic (exact) mass is 359 g/mol. The Bertz CT molecular complexity index is 746. The zero-order valence-corrected chi connectivity index (χ0v) is 15.1.